The fraction of sp³-hybridized carbons (Fsp3) is 0.381. The number of allylic oxidation sites excluding steroid dienone is 1. The molecule has 7 heteroatoms. The van der Waals surface area contributed by atoms with Gasteiger partial charge in [0, 0.05) is 29.9 Å². The van der Waals surface area contributed by atoms with Gasteiger partial charge < -0.3 is 10.0 Å². The van der Waals surface area contributed by atoms with Gasteiger partial charge in [0.05, 0.1) is 23.4 Å². The molecule has 1 fully saturated rings. The van der Waals surface area contributed by atoms with Crippen molar-refractivity contribution < 1.29 is 14.7 Å². The largest absolute Gasteiger partial charge is 0.478 e. The second kappa shape index (κ2) is 9.10. The van der Waals surface area contributed by atoms with E-state index < -0.39 is 5.97 Å². The number of hydrogen-bond donors (Lipinski definition) is 1. The van der Waals surface area contributed by atoms with Crippen LogP contribution in [0, 0.1) is 0 Å². The van der Waals surface area contributed by atoms with Gasteiger partial charge >= 0.3 is 5.97 Å². The maximum absolute atomic E-state index is 13.1. The zero-order valence-corrected chi connectivity index (χ0v) is 17.0. The molecular weight excluding hydrogens is 374 g/mol. The number of carboxylic acids is 1. The highest BCUT2D eigenvalue weighted by Crippen LogP contribution is 2.27. The Kier molecular flexibility index (Phi) is 6.57. The quantitative estimate of drug-likeness (QED) is 0.584. The van der Waals surface area contributed by atoms with Gasteiger partial charge in [-0.3, -0.25) is 9.48 Å². The Morgan fingerprint density at radius 3 is 2.61 bits per heavy atom. The first-order valence-electron chi connectivity index (χ1n) is 9.37. The Balaban J connectivity index is 1.63. The number of amides is 1. The molecule has 0 bridgehead atoms. The minimum absolute atomic E-state index is 0.0606. The van der Waals surface area contributed by atoms with E-state index in [1.807, 2.05) is 29.2 Å². The first-order valence-corrected chi connectivity index (χ1v) is 10.4. The number of nitrogens with zero attached hydrogens (tertiary/aromatic N) is 3. The first kappa shape index (κ1) is 20.2. The van der Waals surface area contributed by atoms with Crippen molar-refractivity contribution in [2.24, 2.45) is 0 Å². The van der Waals surface area contributed by atoms with Crippen LogP contribution in [0.4, 0.5) is 0 Å². The van der Waals surface area contributed by atoms with E-state index in [9.17, 15) is 9.59 Å². The zero-order chi connectivity index (χ0) is 20.1. The van der Waals surface area contributed by atoms with E-state index in [0.717, 1.165) is 29.1 Å². The Morgan fingerprint density at radius 1 is 1.25 bits per heavy atom. The number of carbonyl (C=O) groups excluding carboxylic acids is 1. The smallest absolute Gasteiger partial charge is 0.338 e. The lowest BCUT2D eigenvalue weighted by Gasteiger charge is -2.32. The molecule has 1 saturated heterocycles. The topological polar surface area (TPSA) is 75.4 Å². The van der Waals surface area contributed by atoms with E-state index in [0.29, 0.717) is 13.1 Å². The molecule has 0 atom stereocenters. The lowest BCUT2D eigenvalue weighted by atomic mass is 10.0. The summed E-state index contributed by atoms with van der Waals surface area (Å²) in [4.78, 5) is 27.0. The van der Waals surface area contributed by atoms with Crippen molar-refractivity contribution in [3.8, 4) is 0 Å². The van der Waals surface area contributed by atoms with Gasteiger partial charge in [-0.1, -0.05) is 23.8 Å². The maximum Gasteiger partial charge on any atom is 0.338 e. The monoisotopic (exact) mass is 399 g/mol. The molecule has 2 aromatic rings. The molecule has 6 nitrogen and oxygen atoms in total. The van der Waals surface area contributed by atoms with Gasteiger partial charge in [0.15, 0.2) is 0 Å². The summed E-state index contributed by atoms with van der Waals surface area (Å²) in [6, 6.07) is 7.89. The first-order chi connectivity index (χ1) is 13.5. The lowest BCUT2D eigenvalue weighted by molar-refractivity contribution is 0.0685. The fourth-order valence-electron chi connectivity index (χ4n) is 3.22. The van der Waals surface area contributed by atoms with Crippen molar-refractivity contribution in [2.75, 3.05) is 18.8 Å². The molecule has 1 aromatic heterocycles. The molecule has 0 aliphatic carbocycles. The maximum atomic E-state index is 13.1. The molecular formula is C21H25N3O3S. The molecule has 1 aliphatic heterocycles. The minimum atomic E-state index is -0.971. The third kappa shape index (κ3) is 4.84. The van der Waals surface area contributed by atoms with Gasteiger partial charge in [-0.25, -0.2) is 4.79 Å². The Morgan fingerprint density at radius 2 is 1.96 bits per heavy atom. The van der Waals surface area contributed by atoms with E-state index >= 15 is 0 Å². The van der Waals surface area contributed by atoms with Crippen LogP contribution in [-0.2, 0) is 0 Å². The molecule has 28 heavy (non-hydrogen) atoms. The molecule has 1 aromatic carbocycles. The predicted octanol–water partition coefficient (Wildman–Crippen LogP) is 4.12. The van der Waals surface area contributed by atoms with Crippen molar-refractivity contribution in [2.45, 2.75) is 37.6 Å². The number of carboxylic acid groups (broad SMARTS) is 1. The Bertz CT molecular complexity index is 879. The van der Waals surface area contributed by atoms with Crippen molar-refractivity contribution in [1.82, 2.24) is 14.7 Å². The lowest BCUT2D eigenvalue weighted by Crippen LogP contribution is -2.39. The summed E-state index contributed by atoms with van der Waals surface area (Å²) in [7, 11) is 0. The molecule has 148 valence electrons. The summed E-state index contributed by atoms with van der Waals surface area (Å²) in [5, 5.41) is 13.2. The summed E-state index contributed by atoms with van der Waals surface area (Å²) in [6.07, 6.45) is 6.63. The number of likely N-dealkylation sites (tertiary alicyclic amines) is 1. The van der Waals surface area contributed by atoms with Gasteiger partial charge in [0.25, 0.3) is 5.91 Å². The molecule has 0 radical (unpaired) electrons. The van der Waals surface area contributed by atoms with Crippen LogP contribution in [0.1, 0.15) is 53.4 Å². The van der Waals surface area contributed by atoms with Gasteiger partial charge in [-0.15, -0.1) is 11.8 Å². The van der Waals surface area contributed by atoms with Gasteiger partial charge in [0.1, 0.15) is 0 Å². The molecule has 1 amide bonds. The summed E-state index contributed by atoms with van der Waals surface area (Å²) >= 11 is 1.68. The van der Waals surface area contributed by atoms with E-state index in [2.05, 4.69) is 25.0 Å². The van der Waals surface area contributed by atoms with Crippen LogP contribution >= 0.6 is 11.8 Å². The van der Waals surface area contributed by atoms with E-state index in [4.69, 9.17) is 5.11 Å². The predicted molar refractivity (Wildman–Crippen MR) is 110 cm³/mol. The third-order valence-corrected chi connectivity index (χ3v) is 5.82. The SMILES string of the molecule is CC(C)=CCSc1ccccc1C(=O)N1CCC(n2cc(C(=O)O)cn2)CC1. The van der Waals surface area contributed by atoms with Crippen LogP contribution in [0.3, 0.4) is 0 Å². The van der Waals surface area contributed by atoms with Crippen LogP contribution in [-0.4, -0.2) is 50.5 Å². The minimum Gasteiger partial charge on any atom is -0.478 e. The number of hydrogen-bond acceptors (Lipinski definition) is 4. The van der Waals surface area contributed by atoms with Gasteiger partial charge in [-0.2, -0.15) is 5.10 Å². The van der Waals surface area contributed by atoms with Gasteiger partial charge in [0.2, 0.25) is 0 Å². The summed E-state index contributed by atoms with van der Waals surface area (Å²) in [6.45, 7) is 5.42. The Labute approximate surface area is 169 Å². The van der Waals surface area contributed by atoms with Crippen molar-refractivity contribution in [3.05, 3.63) is 59.4 Å². The van der Waals surface area contributed by atoms with Crippen molar-refractivity contribution in [3.63, 3.8) is 0 Å². The van der Waals surface area contributed by atoms with Crippen LogP contribution in [0.2, 0.25) is 0 Å². The number of carbonyl (C=O) groups is 2. The molecule has 0 saturated carbocycles. The van der Waals surface area contributed by atoms with Crippen molar-refractivity contribution >= 4 is 23.6 Å². The number of rotatable bonds is 6. The van der Waals surface area contributed by atoms with E-state index in [1.165, 1.54) is 11.8 Å². The number of benzene rings is 1. The van der Waals surface area contributed by atoms with Gasteiger partial charge in [-0.05, 0) is 38.8 Å². The second-order valence-electron chi connectivity index (χ2n) is 7.13. The van der Waals surface area contributed by atoms with E-state index in [-0.39, 0.29) is 17.5 Å². The molecule has 1 aliphatic rings. The molecule has 0 unspecified atom stereocenters. The standard InChI is InChI=1S/C21H25N3O3S/c1-15(2)9-12-28-19-6-4-3-5-18(19)20(25)23-10-7-17(8-11-23)24-14-16(13-22-24)21(26)27/h3-6,9,13-14,17H,7-8,10-12H2,1-2H3,(H,26,27). The number of aromatic nitrogens is 2. The average Bonchev–Trinajstić information content (AvgIpc) is 3.18. The normalized spacial score (nSPS) is 14.7. The zero-order valence-electron chi connectivity index (χ0n) is 16.2. The highest BCUT2D eigenvalue weighted by molar-refractivity contribution is 7.99. The molecule has 2 heterocycles. The number of piperidine rings is 1. The number of aromatic carboxylic acids is 1. The summed E-state index contributed by atoms with van der Waals surface area (Å²) in [5.74, 6) is -0.0635. The van der Waals surface area contributed by atoms with Crippen LogP contribution in [0.25, 0.3) is 0 Å². The van der Waals surface area contributed by atoms with Crippen molar-refractivity contribution in [1.29, 1.82) is 0 Å². The van der Waals surface area contributed by atoms with Crippen LogP contribution in [0.5, 0.6) is 0 Å². The highest BCUT2D eigenvalue weighted by atomic mass is 32.2. The molecule has 3 rings (SSSR count). The third-order valence-electron chi connectivity index (χ3n) is 4.82. The number of thioether (sulfide) groups is 1. The summed E-state index contributed by atoms with van der Waals surface area (Å²) < 4.78 is 1.72. The fourth-order valence-corrected chi connectivity index (χ4v) is 4.30. The second-order valence-corrected chi connectivity index (χ2v) is 8.19. The average molecular weight is 400 g/mol. The van der Waals surface area contributed by atoms with Crippen LogP contribution in [0.15, 0.2) is 53.2 Å². The summed E-state index contributed by atoms with van der Waals surface area (Å²) in [5.41, 5.74) is 2.21. The molecule has 1 N–H and O–H groups in total. The Hall–Kier alpha value is -2.54. The van der Waals surface area contributed by atoms with E-state index in [1.54, 1.807) is 22.6 Å². The van der Waals surface area contributed by atoms with Crippen LogP contribution < -0.4 is 0 Å². The highest BCUT2D eigenvalue weighted by Gasteiger charge is 2.26. The molecule has 0 spiro atoms.